The molecule has 1 rings (SSSR count). The zero-order valence-corrected chi connectivity index (χ0v) is 11.6. The highest BCUT2D eigenvalue weighted by Gasteiger charge is 2.10. The summed E-state index contributed by atoms with van der Waals surface area (Å²) < 4.78 is 5.71. The summed E-state index contributed by atoms with van der Waals surface area (Å²) in [6.07, 6.45) is 4.00. The van der Waals surface area contributed by atoms with Crippen LogP contribution in [0.2, 0.25) is 0 Å². The molecule has 0 aliphatic carbocycles. The van der Waals surface area contributed by atoms with E-state index < -0.39 is 5.97 Å². The summed E-state index contributed by atoms with van der Waals surface area (Å²) in [6, 6.07) is 7.66. The van der Waals surface area contributed by atoms with Crippen LogP contribution in [0, 0.1) is 0 Å². The molecule has 0 bridgehead atoms. The number of rotatable bonds is 5. The van der Waals surface area contributed by atoms with E-state index in [1.54, 1.807) is 6.08 Å². The first-order chi connectivity index (χ1) is 8.78. The first-order valence-electron chi connectivity index (χ1n) is 6.14. The van der Waals surface area contributed by atoms with Crippen molar-refractivity contribution in [3.8, 4) is 5.75 Å². The van der Waals surface area contributed by atoms with E-state index in [-0.39, 0.29) is 11.2 Å². The van der Waals surface area contributed by atoms with Gasteiger partial charge in [-0.25, -0.2) is 4.79 Å². The van der Waals surface area contributed by atoms with Crippen LogP contribution >= 0.6 is 0 Å². The van der Waals surface area contributed by atoms with Crippen LogP contribution in [0.5, 0.6) is 5.75 Å². The average molecular weight is 260 g/mol. The van der Waals surface area contributed by atoms with Crippen LogP contribution in [0.4, 0.5) is 0 Å². The second-order valence-corrected chi connectivity index (χ2v) is 5.30. The third kappa shape index (κ3) is 5.91. The SMILES string of the molecule is C=C(CC=Cc1ccc(OC(C)(C)C)cc1)C(=O)O. The molecule has 0 unspecified atom stereocenters. The highest BCUT2D eigenvalue weighted by molar-refractivity contribution is 5.86. The van der Waals surface area contributed by atoms with Crippen molar-refractivity contribution < 1.29 is 14.6 Å². The molecule has 0 fully saturated rings. The van der Waals surface area contributed by atoms with Crippen molar-refractivity contribution in [2.75, 3.05) is 0 Å². The minimum atomic E-state index is -0.960. The molecular formula is C16H20O3. The standard InChI is InChI=1S/C16H20O3/c1-12(15(17)18)6-5-7-13-8-10-14(11-9-13)19-16(2,3)4/h5,7-11H,1,6H2,2-4H3,(H,17,18). The maximum absolute atomic E-state index is 10.6. The summed E-state index contributed by atoms with van der Waals surface area (Å²) in [6.45, 7) is 9.46. The molecule has 0 saturated heterocycles. The van der Waals surface area contributed by atoms with E-state index in [1.807, 2.05) is 51.1 Å². The number of carboxylic acid groups (broad SMARTS) is 1. The second-order valence-electron chi connectivity index (χ2n) is 5.30. The van der Waals surface area contributed by atoms with Gasteiger partial charge in [0.25, 0.3) is 0 Å². The van der Waals surface area contributed by atoms with E-state index in [0.29, 0.717) is 6.42 Å². The van der Waals surface area contributed by atoms with Crippen LogP contribution in [0.15, 0.2) is 42.5 Å². The lowest BCUT2D eigenvalue weighted by atomic mass is 10.1. The van der Waals surface area contributed by atoms with Crippen molar-refractivity contribution >= 4 is 12.0 Å². The van der Waals surface area contributed by atoms with E-state index in [4.69, 9.17) is 9.84 Å². The minimum Gasteiger partial charge on any atom is -0.488 e. The first kappa shape index (κ1) is 15.0. The Hall–Kier alpha value is -2.03. The molecule has 0 heterocycles. The number of hydrogen-bond donors (Lipinski definition) is 1. The second kappa shape index (κ2) is 6.23. The molecule has 0 saturated carbocycles. The van der Waals surface area contributed by atoms with Gasteiger partial charge in [0.1, 0.15) is 11.4 Å². The third-order valence-electron chi connectivity index (χ3n) is 2.28. The van der Waals surface area contributed by atoms with Gasteiger partial charge in [-0.3, -0.25) is 0 Å². The van der Waals surface area contributed by atoms with Crippen molar-refractivity contribution in [1.82, 2.24) is 0 Å². The van der Waals surface area contributed by atoms with Gasteiger partial charge in [-0.15, -0.1) is 0 Å². The monoisotopic (exact) mass is 260 g/mol. The van der Waals surface area contributed by atoms with Crippen molar-refractivity contribution in [3.63, 3.8) is 0 Å². The van der Waals surface area contributed by atoms with E-state index in [2.05, 4.69) is 6.58 Å². The number of carbonyl (C=O) groups is 1. The molecular weight excluding hydrogens is 240 g/mol. The highest BCUT2D eigenvalue weighted by Crippen LogP contribution is 2.19. The molecule has 0 atom stereocenters. The number of hydrogen-bond acceptors (Lipinski definition) is 2. The summed E-state index contributed by atoms with van der Waals surface area (Å²) >= 11 is 0. The van der Waals surface area contributed by atoms with Crippen LogP contribution in [-0.2, 0) is 4.79 Å². The van der Waals surface area contributed by atoms with E-state index in [9.17, 15) is 4.79 Å². The highest BCUT2D eigenvalue weighted by atomic mass is 16.5. The Labute approximate surface area is 114 Å². The van der Waals surface area contributed by atoms with Gasteiger partial charge in [0, 0.05) is 5.57 Å². The average Bonchev–Trinajstić information content (AvgIpc) is 2.29. The van der Waals surface area contributed by atoms with Gasteiger partial charge in [-0.2, -0.15) is 0 Å². The van der Waals surface area contributed by atoms with Gasteiger partial charge in [0.15, 0.2) is 0 Å². The molecule has 0 radical (unpaired) electrons. The molecule has 0 amide bonds. The van der Waals surface area contributed by atoms with Gasteiger partial charge in [0.05, 0.1) is 0 Å². The lowest BCUT2D eigenvalue weighted by molar-refractivity contribution is -0.132. The maximum atomic E-state index is 10.6. The van der Waals surface area contributed by atoms with Crippen LogP contribution in [0.1, 0.15) is 32.8 Å². The van der Waals surface area contributed by atoms with E-state index in [0.717, 1.165) is 11.3 Å². The Kier molecular flexibility index (Phi) is 4.93. The van der Waals surface area contributed by atoms with Crippen molar-refractivity contribution in [2.24, 2.45) is 0 Å². The molecule has 1 N–H and O–H groups in total. The summed E-state index contributed by atoms with van der Waals surface area (Å²) in [5, 5.41) is 8.67. The minimum absolute atomic E-state index is 0.184. The van der Waals surface area contributed by atoms with Gasteiger partial charge >= 0.3 is 5.97 Å². The van der Waals surface area contributed by atoms with Crippen LogP contribution in [0.25, 0.3) is 6.08 Å². The molecule has 3 heteroatoms. The predicted molar refractivity (Wildman–Crippen MR) is 77.2 cm³/mol. The Bertz CT molecular complexity index is 476. The molecule has 0 aliphatic heterocycles. The fourth-order valence-corrected chi connectivity index (χ4v) is 1.43. The van der Waals surface area contributed by atoms with Crippen LogP contribution in [0.3, 0.4) is 0 Å². The fraction of sp³-hybridized carbons (Fsp3) is 0.312. The Morgan fingerprint density at radius 3 is 2.37 bits per heavy atom. The zero-order valence-electron chi connectivity index (χ0n) is 11.6. The number of ether oxygens (including phenoxy) is 1. The number of aliphatic carboxylic acids is 1. The summed E-state index contributed by atoms with van der Waals surface area (Å²) in [7, 11) is 0. The molecule has 3 nitrogen and oxygen atoms in total. The number of allylic oxidation sites excluding steroid dienone is 1. The van der Waals surface area contributed by atoms with Gasteiger partial charge < -0.3 is 9.84 Å². The van der Waals surface area contributed by atoms with E-state index >= 15 is 0 Å². The lowest BCUT2D eigenvalue weighted by Crippen LogP contribution is -2.22. The molecule has 1 aromatic carbocycles. The van der Waals surface area contributed by atoms with E-state index in [1.165, 1.54) is 0 Å². The first-order valence-corrected chi connectivity index (χ1v) is 6.14. The van der Waals surface area contributed by atoms with Gasteiger partial charge in [0.2, 0.25) is 0 Å². The maximum Gasteiger partial charge on any atom is 0.331 e. The van der Waals surface area contributed by atoms with Crippen molar-refractivity contribution in [3.05, 3.63) is 48.1 Å². The van der Waals surface area contributed by atoms with Crippen molar-refractivity contribution in [2.45, 2.75) is 32.8 Å². The summed E-state index contributed by atoms with van der Waals surface area (Å²) in [4.78, 5) is 10.6. The third-order valence-corrected chi connectivity index (χ3v) is 2.28. The number of benzene rings is 1. The summed E-state index contributed by atoms with van der Waals surface area (Å²) in [5.74, 6) is -0.141. The van der Waals surface area contributed by atoms with Crippen LogP contribution < -0.4 is 4.74 Å². The molecule has 0 spiro atoms. The van der Waals surface area contributed by atoms with Gasteiger partial charge in [-0.1, -0.05) is 30.9 Å². The smallest absolute Gasteiger partial charge is 0.331 e. The quantitative estimate of drug-likeness (QED) is 0.816. The molecule has 102 valence electrons. The summed E-state index contributed by atoms with van der Waals surface area (Å²) in [5.41, 5.74) is 0.972. The largest absolute Gasteiger partial charge is 0.488 e. The molecule has 19 heavy (non-hydrogen) atoms. The number of carboxylic acids is 1. The molecule has 0 aliphatic rings. The molecule has 0 aromatic heterocycles. The Morgan fingerprint density at radius 2 is 1.89 bits per heavy atom. The zero-order chi connectivity index (χ0) is 14.5. The topological polar surface area (TPSA) is 46.5 Å². The fourth-order valence-electron chi connectivity index (χ4n) is 1.43. The Morgan fingerprint density at radius 1 is 1.32 bits per heavy atom. The normalized spacial score (nSPS) is 11.5. The molecule has 1 aromatic rings. The van der Waals surface area contributed by atoms with Crippen LogP contribution in [-0.4, -0.2) is 16.7 Å². The predicted octanol–water partition coefficient (Wildman–Crippen LogP) is 3.91. The lowest BCUT2D eigenvalue weighted by Gasteiger charge is -2.21. The van der Waals surface area contributed by atoms with Gasteiger partial charge in [-0.05, 0) is 44.9 Å². The Balaban J connectivity index is 2.60. The van der Waals surface area contributed by atoms with Crippen molar-refractivity contribution in [1.29, 1.82) is 0 Å².